The zero-order valence-electron chi connectivity index (χ0n) is 17.3. The Kier molecular flexibility index (Phi) is 5.49. The lowest BCUT2D eigenvalue weighted by Gasteiger charge is -2.26. The van der Waals surface area contributed by atoms with Crippen molar-refractivity contribution in [2.45, 2.75) is 52.6 Å². The van der Waals surface area contributed by atoms with Crippen molar-refractivity contribution in [3.8, 4) is 0 Å². The van der Waals surface area contributed by atoms with Gasteiger partial charge in [0.25, 0.3) is 5.91 Å². The van der Waals surface area contributed by atoms with Crippen LogP contribution in [0, 0.1) is 5.82 Å². The van der Waals surface area contributed by atoms with E-state index in [-0.39, 0.29) is 29.7 Å². The maximum Gasteiger partial charge on any atom is 0.254 e. The quantitative estimate of drug-likeness (QED) is 0.616. The van der Waals surface area contributed by atoms with E-state index < -0.39 is 0 Å². The molecule has 3 aromatic rings. The number of rotatable bonds is 5. The molecule has 0 fully saturated rings. The number of halogens is 1. The van der Waals surface area contributed by atoms with Crippen LogP contribution in [0.4, 0.5) is 4.39 Å². The molecular weight excluding hydrogens is 355 g/mol. The number of fused-ring (bicyclic) bond motifs is 1. The lowest BCUT2D eigenvalue weighted by molar-refractivity contribution is 0.0744. The second kappa shape index (κ2) is 7.70. The van der Waals surface area contributed by atoms with Gasteiger partial charge in [-0.05, 0) is 50.5 Å². The highest BCUT2D eigenvalue weighted by Crippen LogP contribution is 2.28. The Morgan fingerprint density at radius 1 is 1.11 bits per heavy atom. The van der Waals surface area contributed by atoms with Crippen LogP contribution in [0.25, 0.3) is 11.0 Å². The third-order valence-electron chi connectivity index (χ3n) is 5.15. The number of hydrogen-bond donors (Lipinski definition) is 0. The summed E-state index contributed by atoms with van der Waals surface area (Å²) in [5, 5.41) is 5.20. The van der Waals surface area contributed by atoms with Gasteiger partial charge in [-0.1, -0.05) is 26.0 Å². The van der Waals surface area contributed by atoms with Crippen LogP contribution in [0.15, 0.2) is 36.5 Å². The number of nitrogens with zero attached hydrogens (tertiary/aromatic N) is 4. The topological polar surface area (TPSA) is 51.0 Å². The molecule has 0 aliphatic carbocycles. The molecule has 148 valence electrons. The number of pyridine rings is 1. The lowest BCUT2D eigenvalue weighted by atomic mass is 10.0. The Bertz CT molecular complexity index is 992. The summed E-state index contributed by atoms with van der Waals surface area (Å²) < 4.78 is 15.1. The summed E-state index contributed by atoms with van der Waals surface area (Å²) in [5.74, 6) is -0.204. The van der Waals surface area contributed by atoms with Gasteiger partial charge in [-0.2, -0.15) is 5.10 Å². The molecule has 0 spiro atoms. The van der Waals surface area contributed by atoms with Crippen LogP contribution in [0.1, 0.15) is 74.2 Å². The second-order valence-corrected chi connectivity index (χ2v) is 7.81. The highest BCUT2D eigenvalue weighted by Gasteiger charge is 2.24. The van der Waals surface area contributed by atoms with Gasteiger partial charge in [-0.15, -0.1) is 0 Å². The fourth-order valence-electron chi connectivity index (χ4n) is 3.22. The van der Waals surface area contributed by atoms with Crippen molar-refractivity contribution in [3.05, 3.63) is 59.2 Å². The molecule has 0 N–H and O–H groups in total. The molecule has 1 aromatic carbocycles. The Balaban J connectivity index is 2.05. The van der Waals surface area contributed by atoms with Gasteiger partial charge in [0.1, 0.15) is 5.82 Å². The average Bonchev–Trinajstić information content (AvgIpc) is 3.10. The van der Waals surface area contributed by atoms with Crippen molar-refractivity contribution >= 4 is 16.9 Å². The average molecular weight is 382 g/mol. The van der Waals surface area contributed by atoms with Crippen LogP contribution in [-0.4, -0.2) is 32.6 Å². The molecule has 28 heavy (non-hydrogen) atoms. The molecule has 0 bridgehead atoms. The number of aromatic nitrogens is 3. The number of carbonyl (C=O) groups is 1. The highest BCUT2D eigenvalue weighted by molar-refractivity contribution is 6.05. The Hall–Kier alpha value is -2.76. The van der Waals surface area contributed by atoms with Gasteiger partial charge in [-0.3, -0.25) is 4.79 Å². The summed E-state index contributed by atoms with van der Waals surface area (Å²) in [6, 6.07) is 8.07. The fourth-order valence-corrected chi connectivity index (χ4v) is 3.22. The van der Waals surface area contributed by atoms with Gasteiger partial charge in [0.2, 0.25) is 0 Å². The van der Waals surface area contributed by atoms with E-state index in [9.17, 15) is 9.18 Å². The summed E-state index contributed by atoms with van der Waals surface area (Å²) in [5.41, 5.74) is 3.06. The molecule has 3 rings (SSSR count). The van der Waals surface area contributed by atoms with E-state index in [4.69, 9.17) is 4.98 Å². The summed E-state index contributed by atoms with van der Waals surface area (Å²) in [6.45, 7) is 10.1. The third kappa shape index (κ3) is 3.63. The molecule has 0 aliphatic heterocycles. The molecule has 0 saturated carbocycles. The lowest BCUT2D eigenvalue weighted by Crippen LogP contribution is -2.30. The zero-order valence-corrected chi connectivity index (χ0v) is 17.3. The molecule has 0 radical (unpaired) electrons. The largest absolute Gasteiger partial charge is 0.335 e. The molecule has 5 nitrogen and oxygen atoms in total. The van der Waals surface area contributed by atoms with E-state index in [1.54, 1.807) is 30.3 Å². The van der Waals surface area contributed by atoms with E-state index in [2.05, 4.69) is 18.9 Å². The first-order valence-electron chi connectivity index (χ1n) is 9.61. The van der Waals surface area contributed by atoms with Gasteiger partial charge < -0.3 is 4.90 Å². The van der Waals surface area contributed by atoms with Crippen molar-refractivity contribution in [3.63, 3.8) is 0 Å². The maximum atomic E-state index is 13.4. The molecule has 0 saturated heterocycles. The van der Waals surface area contributed by atoms with Crippen molar-refractivity contribution in [2.75, 3.05) is 7.05 Å². The minimum Gasteiger partial charge on any atom is -0.335 e. The molecule has 1 unspecified atom stereocenters. The minimum atomic E-state index is -0.288. The van der Waals surface area contributed by atoms with Gasteiger partial charge in [-0.25, -0.2) is 14.1 Å². The summed E-state index contributed by atoms with van der Waals surface area (Å²) in [4.78, 5) is 19.8. The first-order valence-corrected chi connectivity index (χ1v) is 9.61. The van der Waals surface area contributed by atoms with E-state index in [1.165, 1.54) is 12.1 Å². The van der Waals surface area contributed by atoms with Gasteiger partial charge >= 0.3 is 0 Å². The minimum absolute atomic E-state index is 0.102. The molecule has 0 aliphatic rings. The first-order chi connectivity index (χ1) is 13.2. The number of carbonyl (C=O) groups excluding carboxylic acids is 1. The Labute approximate surface area is 165 Å². The van der Waals surface area contributed by atoms with Crippen molar-refractivity contribution in [1.82, 2.24) is 19.7 Å². The fraction of sp³-hybridized carbons (Fsp3) is 0.409. The molecule has 1 amide bonds. The van der Waals surface area contributed by atoms with E-state index in [0.717, 1.165) is 22.3 Å². The van der Waals surface area contributed by atoms with Crippen LogP contribution in [0.5, 0.6) is 0 Å². The standard InChI is InChI=1S/C22H27FN4O/c1-13(2)20-11-18(19-12-24-27(14(3)4)21(19)25-20)22(28)26(6)15(5)16-7-9-17(23)10-8-16/h7-15H,1-6H3. The van der Waals surface area contributed by atoms with Crippen LogP contribution in [0.2, 0.25) is 0 Å². The predicted molar refractivity (Wildman–Crippen MR) is 109 cm³/mol. The van der Waals surface area contributed by atoms with E-state index in [0.29, 0.717) is 5.56 Å². The first kappa shape index (κ1) is 20.0. The van der Waals surface area contributed by atoms with Crippen molar-refractivity contribution < 1.29 is 9.18 Å². The second-order valence-electron chi connectivity index (χ2n) is 7.81. The molecule has 6 heteroatoms. The Morgan fingerprint density at radius 3 is 2.32 bits per heavy atom. The van der Waals surface area contributed by atoms with E-state index >= 15 is 0 Å². The van der Waals surface area contributed by atoms with Crippen molar-refractivity contribution in [1.29, 1.82) is 0 Å². The van der Waals surface area contributed by atoms with E-state index in [1.807, 2.05) is 31.5 Å². The number of hydrogen-bond acceptors (Lipinski definition) is 3. The van der Waals surface area contributed by atoms with Crippen molar-refractivity contribution in [2.24, 2.45) is 0 Å². The van der Waals surface area contributed by atoms with Crippen LogP contribution < -0.4 is 0 Å². The maximum absolute atomic E-state index is 13.4. The highest BCUT2D eigenvalue weighted by atomic mass is 19.1. The molecular formula is C22H27FN4O. The predicted octanol–water partition coefficient (Wildman–Crippen LogP) is 5.11. The van der Waals surface area contributed by atoms with Gasteiger partial charge in [0.15, 0.2) is 5.65 Å². The number of amides is 1. The molecule has 2 aromatic heterocycles. The van der Waals surface area contributed by atoms with Gasteiger partial charge in [0, 0.05) is 18.8 Å². The smallest absolute Gasteiger partial charge is 0.254 e. The van der Waals surface area contributed by atoms with Crippen LogP contribution in [0.3, 0.4) is 0 Å². The zero-order chi connectivity index (χ0) is 20.6. The van der Waals surface area contributed by atoms with Gasteiger partial charge in [0.05, 0.1) is 23.2 Å². The summed E-state index contributed by atoms with van der Waals surface area (Å²) in [7, 11) is 1.77. The summed E-state index contributed by atoms with van der Waals surface area (Å²) >= 11 is 0. The third-order valence-corrected chi connectivity index (χ3v) is 5.15. The molecule has 1 atom stereocenters. The number of benzene rings is 1. The SMILES string of the molecule is CC(C)c1cc(C(=O)N(C)C(C)c2ccc(F)cc2)c2cnn(C(C)C)c2n1. The van der Waals surface area contributed by atoms with Crippen LogP contribution >= 0.6 is 0 Å². The Morgan fingerprint density at radius 2 is 1.75 bits per heavy atom. The van der Waals surface area contributed by atoms with Crippen LogP contribution in [-0.2, 0) is 0 Å². The summed E-state index contributed by atoms with van der Waals surface area (Å²) in [6.07, 6.45) is 1.72. The molecule has 2 heterocycles. The normalized spacial score (nSPS) is 12.8. The monoisotopic (exact) mass is 382 g/mol.